The van der Waals surface area contributed by atoms with E-state index in [0.29, 0.717) is 17.5 Å². The summed E-state index contributed by atoms with van der Waals surface area (Å²) in [5.74, 6) is 1.81. The first-order valence-electron chi connectivity index (χ1n) is 23.0. The van der Waals surface area contributed by atoms with Gasteiger partial charge in [-0.15, -0.1) is 0 Å². The monoisotopic (exact) mass is 866 g/mol. The van der Waals surface area contributed by atoms with Gasteiger partial charge in [0.05, 0.1) is 11.0 Å². The van der Waals surface area contributed by atoms with E-state index in [1.54, 1.807) is 0 Å². The second kappa shape index (κ2) is 15.2. The normalized spacial score (nSPS) is 11.8. The first-order valence-corrected chi connectivity index (χ1v) is 23.0. The molecule has 3 heterocycles. The number of fused-ring (bicyclic) bond motifs is 9. The van der Waals surface area contributed by atoms with Crippen molar-refractivity contribution in [1.82, 2.24) is 19.5 Å². The van der Waals surface area contributed by atoms with Gasteiger partial charge in [0.1, 0.15) is 11.2 Å². The molecule has 14 aromatic rings. The van der Waals surface area contributed by atoms with Gasteiger partial charge in [-0.25, -0.2) is 15.0 Å². The minimum atomic E-state index is 0.588. The predicted octanol–water partition coefficient (Wildman–Crippen LogP) is 16.7. The van der Waals surface area contributed by atoms with Gasteiger partial charge in [0.15, 0.2) is 17.5 Å². The van der Waals surface area contributed by atoms with Gasteiger partial charge in [0, 0.05) is 43.9 Å². The van der Waals surface area contributed by atoms with Crippen LogP contribution in [0.15, 0.2) is 235 Å². The molecule has 0 radical (unpaired) electrons. The maximum atomic E-state index is 6.37. The van der Waals surface area contributed by atoms with Gasteiger partial charge in [-0.1, -0.05) is 164 Å². The zero-order valence-corrected chi connectivity index (χ0v) is 36.6. The molecule has 0 atom stereocenters. The summed E-state index contributed by atoms with van der Waals surface area (Å²) < 4.78 is 8.80. The van der Waals surface area contributed by atoms with Crippen LogP contribution in [0.2, 0.25) is 0 Å². The fourth-order valence-corrected chi connectivity index (χ4v) is 10.3. The Hall–Kier alpha value is -9.19. The van der Waals surface area contributed by atoms with Gasteiger partial charge in [-0.05, 0) is 121 Å². The SMILES string of the molecule is c1ccc(-c2cccc3c2c2cc4ccccc4cc2n3-c2ccc(-c3nc(-c4ccc5ccccc5c4)nc(-c4ccc5ccccc5c4)n3)c(-c3ccc4oc5ccccc5c4c3)c2)cc1. The van der Waals surface area contributed by atoms with Crippen molar-refractivity contribution >= 4 is 76.1 Å². The molecule has 0 aliphatic carbocycles. The molecule has 5 heteroatoms. The van der Waals surface area contributed by atoms with Crippen molar-refractivity contribution in [1.29, 1.82) is 0 Å². The van der Waals surface area contributed by atoms with E-state index < -0.39 is 0 Å². The summed E-state index contributed by atoms with van der Waals surface area (Å²) in [4.78, 5) is 16.0. The van der Waals surface area contributed by atoms with Crippen molar-refractivity contribution < 1.29 is 4.42 Å². The number of furan rings is 1. The van der Waals surface area contributed by atoms with Crippen molar-refractivity contribution in [3.05, 3.63) is 231 Å². The topological polar surface area (TPSA) is 56.7 Å². The number of rotatable bonds is 6. The fraction of sp³-hybridized carbons (Fsp3) is 0. The van der Waals surface area contributed by atoms with E-state index in [1.807, 2.05) is 12.1 Å². The molecule has 0 aliphatic rings. The van der Waals surface area contributed by atoms with Crippen LogP contribution in [0.1, 0.15) is 0 Å². The molecule has 0 fully saturated rings. The molecular weight excluding hydrogens is 829 g/mol. The molecule has 0 unspecified atom stereocenters. The quantitative estimate of drug-likeness (QED) is 0.167. The number of benzene rings is 11. The summed E-state index contributed by atoms with van der Waals surface area (Å²) >= 11 is 0. The van der Waals surface area contributed by atoms with Crippen LogP contribution in [-0.4, -0.2) is 19.5 Å². The van der Waals surface area contributed by atoms with E-state index in [0.717, 1.165) is 88.0 Å². The summed E-state index contributed by atoms with van der Waals surface area (Å²) in [7, 11) is 0. The lowest BCUT2D eigenvalue weighted by Gasteiger charge is -2.16. The second-order valence-electron chi connectivity index (χ2n) is 17.6. The summed E-state index contributed by atoms with van der Waals surface area (Å²) in [6.07, 6.45) is 0. The third-order valence-electron chi connectivity index (χ3n) is 13.6. The van der Waals surface area contributed by atoms with E-state index in [9.17, 15) is 0 Å². The summed E-state index contributed by atoms with van der Waals surface area (Å²) in [5.41, 5.74) is 12.1. The molecule has 68 heavy (non-hydrogen) atoms. The summed E-state index contributed by atoms with van der Waals surface area (Å²) in [6.45, 7) is 0. The third-order valence-corrected chi connectivity index (χ3v) is 13.6. The lowest BCUT2D eigenvalue weighted by molar-refractivity contribution is 0.669. The summed E-state index contributed by atoms with van der Waals surface area (Å²) in [6, 6.07) is 81.9. The lowest BCUT2D eigenvalue weighted by atomic mass is 9.96. The van der Waals surface area contributed by atoms with Crippen LogP contribution in [0.4, 0.5) is 0 Å². The van der Waals surface area contributed by atoms with E-state index >= 15 is 0 Å². The Balaban J connectivity index is 1.05. The second-order valence-corrected chi connectivity index (χ2v) is 17.6. The molecular formula is C63H38N4O. The highest BCUT2D eigenvalue weighted by atomic mass is 16.3. The average molecular weight is 867 g/mol. The van der Waals surface area contributed by atoms with Crippen LogP contribution in [0, 0.1) is 0 Å². The van der Waals surface area contributed by atoms with Crippen molar-refractivity contribution in [2.75, 3.05) is 0 Å². The Morgan fingerprint density at radius 1 is 0.294 bits per heavy atom. The molecule has 3 aromatic heterocycles. The zero-order valence-electron chi connectivity index (χ0n) is 36.6. The van der Waals surface area contributed by atoms with Gasteiger partial charge in [0.25, 0.3) is 0 Å². The van der Waals surface area contributed by atoms with Gasteiger partial charge in [-0.3, -0.25) is 0 Å². The van der Waals surface area contributed by atoms with Gasteiger partial charge in [0.2, 0.25) is 0 Å². The van der Waals surface area contributed by atoms with E-state index in [4.69, 9.17) is 19.4 Å². The maximum absolute atomic E-state index is 6.37. The maximum Gasteiger partial charge on any atom is 0.164 e. The van der Waals surface area contributed by atoms with E-state index in [1.165, 1.54) is 32.7 Å². The number of hydrogen-bond acceptors (Lipinski definition) is 4. The number of aromatic nitrogens is 4. The minimum absolute atomic E-state index is 0.588. The first kappa shape index (κ1) is 38.1. The highest BCUT2D eigenvalue weighted by Gasteiger charge is 2.22. The molecule has 0 N–H and O–H groups in total. The van der Waals surface area contributed by atoms with Crippen LogP contribution in [0.5, 0.6) is 0 Å². The number of hydrogen-bond donors (Lipinski definition) is 0. The third kappa shape index (κ3) is 6.21. The highest BCUT2D eigenvalue weighted by molar-refractivity contribution is 6.19. The Morgan fingerprint density at radius 2 is 0.882 bits per heavy atom. The molecule has 0 spiro atoms. The lowest BCUT2D eigenvalue weighted by Crippen LogP contribution is -2.02. The molecule has 11 aromatic carbocycles. The molecule has 316 valence electrons. The standard InChI is InChI=1S/C63H38N4O/c1-2-15-41(16-3-1)50-22-12-23-56-60(50)55-35-44-19-8-9-20-45(44)37-57(55)67(56)49-30-31-52(53(38-49)46-29-32-59-54(36-46)51-21-10-11-24-58(51)68-59)63-65-61(47-27-25-39-13-4-6-17-42(39)33-47)64-62(66-63)48-28-26-40-14-5-7-18-43(40)34-48/h1-38H. The predicted molar refractivity (Wildman–Crippen MR) is 281 cm³/mol. The van der Waals surface area contributed by atoms with Crippen LogP contribution in [-0.2, 0) is 0 Å². The van der Waals surface area contributed by atoms with Gasteiger partial charge in [-0.2, -0.15) is 0 Å². The van der Waals surface area contributed by atoms with Crippen molar-refractivity contribution in [2.24, 2.45) is 0 Å². The van der Waals surface area contributed by atoms with Gasteiger partial charge >= 0.3 is 0 Å². The minimum Gasteiger partial charge on any atom is -0.456 e. The average Bonchev–Trinajstić information content (AvgIpc) is 3.94. The van der Waals surface area contributed by atoms with E-state index in [-0.39, 0.29) is 0 Å². The Labute approximate surface area is 390 Å². The van der Waals surface area contributed by atoms with Crippen LogP contribution < -0.4 is 0 Å². The van der Waals surface area contributed by atoms with Crippen molar-refractivity contribution in [3.63, 3.8) is 0 Å². The Morgan fingerprint density at radius 3 is 1.60 bits per heavy atom. The van der Waals surface area contributed by atoms with Crippen LogP contribution in [0.3, 0.4) is 0 Å². The Bertz CT molecular complexity index is 4240. The largest absolute Gasteiger partial charge is 0.456 e. The van der Waals surface area contributed by atoms with Crippen LogP contribution in [0.25, 0.3) is 138 Å². The molecule has 14 rings (SSSR count). The zero-order chi connectivity index (χ0) is 44.7. The molecule has 0 saturated carbocycles. The van der Waals surface area contributed by atoms with Crippen molar-refractivity contribution in [3.8, 4) is 62.1 Å². The van der Waals surface area contributed by atoms with E-state index in [2.05, 4.69) is 223 Å². The molecule has 0 bridgehead atoms. The van der Waals surface area contributed by atoms with Gasteiger partial charge < -0.3 is 8.98 Å². The van der Waals surface area contributed by atoms with Crippen LogP contribution >= 0.6 is 0 Å². The fourth-order valence-electron chi connectivity index (χ4n) is 10.3. The molecule has 0 amide bonds. The molecule has 0 saturated heterocycles. The summed E-state index contributed by atoms with van der Waals surface area (Å²) in [5, 5.41) is 11.5. The number of para-hydroxylation sites is 1. The first-order chi connectivity index (χ1) is 33.7. The number of nitrogens with zero attached hydrogens (tertiary/aromatic N) is 4. The highest BCUT2D eigenvalue weighted by Crippen LogP contribution is 2.43. The smallest absolute Gasteiger partial charge is 0.164 e. The molecule has 5 nitrogen and oxygen atoms in total. The molecule has 0 aliphatic heterocycles. The van der Waals surface area contributed by atoms with Crippen molar-refractivity contribution in [2.45, 2.75) is 0 Å². The Kier molecular flexibility index (Phi) is 8.52.